The molecule has 0 fully saturated rings. The minimum Gasteiger partial charge on any atom is -0.325 e. The summed E-state index contributed by atoms with van der Waals surface area (Å²) in [7, 11) is 0. The summed E-state index contributed by atoms with van der Waals surface area (Å²) in [4.78, 5) is 11.9. The third-order valence-electron chi connectivity index (χ3n) is 3.28. The Balaban J connectivity index is 1.82. The molecule has 5 heteroatoms. The molecule has 0 radical (unpaired) electrons. The zero-order chi connectivity index (χ0) is 16.1. The largest absolute Gasteiger partial charge is 0.325 e. The summed E-state index contributed by atoms with van der Waals surface area (Å²) in [5, 5.41) is 4.00. The third kappa shape index (κ3) is 4.94. The van der Waals surface area contributed by atoms with Crippen LogP contribution < -0.4 is 5.32 Å². The standard InChI is InChI=1S/C17H17Cl2NOS/c1-11-3-5-14(7-12(11)2)20-17(21)10-22-9-13-4-6-15(18)16(19)8-13/h3-8H,9-10H2,1-2H3,(H,20,21). The summed E-state index contributed by atoms with van der Waals surface area (Å²) in [5.41, 5.74) is 4.27. The predicted octanol–water partition coefficient (Wildman–Crippen LogP) is 5.48. The summed E-state index contributed by atoms with van der Waals surface area (Å²) in [6, 6.07) is 11.4. The van der Waals surface area contributed by atoms with Crippen molar-refractivity contribution in [1.82, 2.24) is 0 Å². The molecule has 0 heterocycles. The molecule has 2 aromatic rings. The fourth-order valence-corrected chi connectivity index (χ4v) is 3.00. The second-order valence-corrected chi connectivity index (χ2v) is 6.89. The first-order valence-corrected chi connectivity index (χ1v) is 8.75. The van der Waals surface area contributed by atoms with E-state index in [4.69, 9.17) is 23.2 Å². The summed E-state index contributed by atoms with van der Waals surface area (Å²) < 4.78 is 0. The second kappa shape index (κ2) is 7.91. The predicted molar refractivity (Wildman–Crippen MR) is 97.2 cm³/mol. The van der Waals surface area contributed by atoms with Crippen LogP contribution in [0.5, 0.6) is 0 Å². The summed E-state index contributed by atoms with van der Waals surface area (Å²) in [6.45, 7) is 4.08. The van der Waals surface area contributed by atoms with E-state index in [1.165, 1.54) is 11.1 Å². The van der Waals surface area contributed by atoms with Crippen molar-refractivity contribution in [2.45, 2.75) is 19.6 Å². The molecule has 2 rings (SSSR count). The molecule has 0 aromatic heterocycles. The Morgan fingerprint density at radius 2 is 1.82 bits per heavy atom. The maximum absolute atomic E-state index is 11.9. The number of aryl methyl sites for hydroxylation is 2. The number of hydrogen-bond donors (Lipinski definition) is 1. The average molecular weight is 354 g/mol. The number of benzene rings is 2. The molecule has 2 aromatic carbocycles. The Morgan fingerprint density at radius 1 is 1.05 bits per heavy atom. The zero-order valence-electron chi connectivity index (χ0n) is 12.5. The number of nitrogens with one attached hydrogen (secondary N) is 1. The van der Waals surface area contributed by atoms with Crippen LogP contribution in [0.25, 0.3) is 0 Å². The van der Waals surface area contributed by atoms with Crippen LogP contribution in [-0.4, -0.2) is 11.7 Å². The van der Waals surface area contributed by atoms with Gasteiger partial charge in [-0.1, -0.05) is 35.3 Å². The molecule has 0 saturated carbocycles. The zero-order valence-corrected chi connectivity index (χ0v) is 14.8. The number of rotatable bonds is 5. The first kappa shape index (κ1) is 17.2. The molecule has 116 valence electrons. The first-order valence-electron chi connectivity index (χ1n) is 6.84. The van der Waals surface area contributed by atoms with Crippen LogP contribution in [0.1, 0.15) is 16.7 Å². The number of halogens is 2. The van der Waals surface area contributed by atoms with Gasteiger partial charge in [0.2, 0.25) is 5.91 Å². The van der Waals surface area contributed by atoms with Gasteiger partial charge in [0.05, 0.1) is 15.8 Å². The molecule has 0 atom stereocenters. The van der Waals surface area contributed by atoms with Crippen LogP contribution in [0.15, 0.2) is 36.4 Å². The Morgan fingerprint density at radius 3 is 2.50 bits per heavy atom. The summed E-state index contributed by atoms with van der Waals surface area (Å²) in [6.07, 6.45) is 0. The van der Waals surface area contributed by atoms with Crippen molar-refractivity contribution in [1.29, 1.82) is 0 Å². The number of carbonyl (C=O) groups excluding carboxylic acids is 1. The number of hydrogen-bond acceptors (Lipinski definition) is 2. The molecular weight excluding hydrogens is 337 g/mol. The highest BCUT2D eigenvalue weighted by Gasteiger charge is 2.05. The van der Waals surface area contributed by atoms with E-state index >= 15 is 0 Å². The van der Waals surface area contributed by atoms with Gasteiger partial charge in [0.1, 0.15) is 0 Å². The molecule has 0 aliphatic heterocycles. The highest BCUT2D eigenvalue weighted by molar-refractivity contribution is 7.99. The number of thioether (sulfide) groups is 1. The van der Waals surface area contributed by atoms with E-state index in [1.54, 1.807) is 17.8 Å². The summed E-state index contributed by atoms with van der Waals surface area (Å²) in [5.74, 6) is 1.11. The lowest BCUT2D eigenvalue weighted by Gasteiger charge is -2.08. The molecule has 2 nitrogen and oxygen atoms in total. The minimum absolute atomic E-state index is 0.00619. The number of carbonyl (C=O) groups is 1. The van der Waals surface area contributed by atoms with E-state index < -0.39 is 0 Å². The van der Waals surface area contributed by atoms with Gasteiger partial charge in [0.25, 0.3) is 0 Å². The van der Waals surface area contributed by atoms with Gasteiger partial charge in [0, 0.05) is 11.4 Å². The van der Waals surface area contributed by atoms with E-state index in [9.17, 15) is 4.79 Å². The van der Waals surface area contributed by atoms with Gasteiger partial charge < -0.3 is 5.32 Å². The third-order valence-corrected chi connectivity index (χ3v) is 5.02. The SMILES string of the molecule is Cc1ccc(NC(=O)CSCc2ccc(Cl)c(Cl)c2)cc1C. The molecule has 1 N–H and O–H groups in total. The van der Waals surface area contributed by atoms with Gasteiger partial charge in [0.15, 0.2) is 0 Å². The average Bonchev–Trinajstić information content (AvgIpc) is 2.47. The monoisotopic (exact) mass is 353 g/mol. The van der Waals surface area contributed by atoms with Crippen LogP contribution in [0, 0.1) is 13.8 Å². The van der Waals surface area contributed by atoms with E-state index in [1.807, 2.05) is 44.2 Å². The van der Waals surface area contributed by atoms with Crippen molar-refractivity contribution in [2.24, 2.45) is 0 Å². The molecule has 0 unspecified atom stereocenters. The van der Waals surface area contributed by atoms with Crippen molar-refractivity contribution in [3.8, 4) is 0 Å². The lowest BCUT2D eigenvalue weighted by atomic mass is 10.1. The van der Waals surface area contributed by atoms with Crippen molar-refractivity contribution in [2.75, 3.05) is 11.1 Å². The molecule has 0 saturated heterocycles. The molecule has 0 aliphatic rings. The van der Waals surface area contributed by atoms with E-state index in [0.29, 0.717) is 15.8 Å². The number of anilines is 1. The van der Waals surface area contributed by atoms with Crippen LogP contribution in [-0.2, 0) is 10.5 Å². The van der Waals surface area contributed by atoms with Crippen molar-refractivity contribution >= 4 is 46.6 Å². The molecule has 0 aliphatic carbocycles. The van der Waals surface area contributed by atoms with E-state index in [-0.39, 0.29) is 5.91 Å². The normalized spacial score (nSPS) is 10.5. The van der Waals surface area contributed by atoms with Gasteiger partial charge >= 0.3 is 0 Å². The Hall–Kier alpha value is -1.16. The van der Waals surface area contributed by atoms with Crippen molar-refractivity contribution in [3.05, 3.63) is 63.1 Å². The molecular formula is C17H17Cl2NOS. The first-order chi connectivity index (χ1) is 10.5. The van der Waals surface area contributed by atoms with Gasteiger partial charge in [-0.3, -0.25) is 4.79 Å². The second-order valence-electron chi connectivity index (χ2n) is 5.09. The summed E-state index contributed by atoms with van der Waals surface area (Å²) >= 11 is 13.4. The maximum Gasteiger partial charge on any atom is 0.234 e. The molecule has 0 bridgehead atoms. The maximum atomic E-state index is 11.9. The number of amides is 1. The van der Waals surface area contributed by atoms with Gasteiger partial charge in [-0.15, -0.1) is 11.8 Å². The van der Waals surface area contributed by atoms with Crippen LogP contribution in [0.3, 0.4) is 0 Å². The topological polar surface area (TPSA) is 29.1 Å². The van der Waals surface area contributed by atoms with Crippen molar-refractivity contribution in [3.63, 3.8) is 0 Å². The lowest BCUT2D eigenvalue weighted by molar-refractivity contribution is -0.113. The van der Waals surface area contributed by atoms with Crippen LogP contribution in [0.4, 0.5) is 5.69 Å². The minimum atomic E-state index is -0.00619. The van der Waals surface area contributed by atoms with Crippen LogP contribution in [0.2, 0.25) is 10.0 Å². The van der Waals surface area contributed by atoms with Crippen molar-refractivity contribution < 1.29 is 4.79 Å². The Labute approximate surface area is 145 Å². The highest BCUT2D eigenvalue weighted by atomic mass is 35.5. The van der Waals surface area contributed by atoms with E-state index in [0.717, 1.165) is 17.0 Å². The van der Waals surface area contributed by atoms with Gasteiger partial charge in [-0.05, 0) is 54.8 Å². The van der Waals surface area contributed by atoms with E-state index in [2.05, 4.69) is 5.32 Å². The molecule has 22 heavy (non-hydrogen) atoms. The van der Waals surface area contributed by atoms with Crippen LogP contribution >= 0.6 is 35.0 Å². The van der Waals surface area contributed by atoms with Gasteiger partial charge in [-0.25, -0.2) is 0 Å². The molecule has 0 spiro atoms. The quantitative estimate of drug-likeness (QED) is 0.770. The lowest BCUT2D eigenvalue weighted by Crippen LogP contribution is -2.14. The fourth-order valence-electron chi connectivity index (χ4n) is 1.91. The molecule has 1 amide bonds. The van der Waals surface area contributed by atoms with Gasteiger partial charge in [-0.2, -0.15) is 0 Å². The Kier molecular flexibility index (Phi) is 6.18. The smallest absolute Gasteiger partial charge is 0.234 e. The highest BCUT2D eigenvalue weighted by Crippen LogP contribution is 2.24. The Bertz CT molecular complexity index is 688. The fraction of sp³-hybridized carbons (Fsp3) is 0.235.